The molecule has 0 fully saturated rings. The SMILES string of the molecule is Nc1cc(F)c(OC(F)F)cc1Nc1cc(Cl)ccc1F. The fraction of sp³-hybridized carbons (Fsp3) is 0.0769. The quantitative estimate of drug-likeness (QED) is 0.642. The van der Waals surface area contributed by atoms with Crippen LogP contribution in [-0.4, -0.2) is 6.61 Å². The molecule has 0 aliphatic rings. The van der Waals surface area contributed by atoms with Gasteiger partial charge in [0.15, 0.2) is 11.6 Å². The maximum absolute atomic E-state index is 13.6. The maximum Gasteiger partial charge on any atom is 0.387 e. The van der Waals surface area contributed by atoms with Gasteiger partial charge < -0.3 is 15.8 Å². The van der Waals surface area contributed by atoms with Crippen LogP contribution >= 0.6 is 11.6 Å². The number of hydrogen-bond donors (Lipinski definition) is 2. The van der Waals surface area contributed by atoms with Crippen molar-refractivity contribution in [1.29, 1.82) is 0 Å². The van der Waals surface area contributed by atoms with E-state index >= 15 is 0 Å². The van der Waals surface area contributed by atoms with Gasteiger partial charge in [0.1, 0.15) is 5.82 Å². The molecule has 3 nitrogen and oxygen atoms in total. The maximum atomic E-state index is 13.6. The Kier molecular flexibility index (Phi) is 4.42. The molecule has 8 heteroatoms. The van der Waals surface area contributed by atoms with Crippen molar-refractivity contribution in [1.82, 2.24) is 0 Å². The van der Waals surface area contributed by atoms with E-state index in [4.69, 9.17) is 17.3 Å². The third kappa shape index (κ3) is 3.69. The molecule has 112 valence electrons. The largest absolute Gasteiger partial charge is 0.432 e. The first kappa shape index (κ1) is 15.2. The van der Waals surface area contributed by atoms with Crippen LogP contribution in [0.5, 0.6) is 5.75 Å². The molecule has 0 aliphatic heterocycles. The Bertz CT molecular complexity index is 667. The van der Waals surface area contributed by atoms with Crippen LogP contribution in [0.4, 0.5) is 34.6 Å². The van der Waals surface area contributed by atoms with E-state index in [-0.39, 0.29) is 22.1 Å². The number of halogens is 5. The molecule has 3 N–H and O–H groups in total. The fourth-order valence-electron chi connectivity index (χ4n) is 1.60. The lowest BCUT2D eigenvalue weighted by Crippen LogP contribution is -2.06. The van der Waals surface area contributed by atoms with Crippen molar-refractivity contribution in [3.05, 3.63) is 47.0 Å². The zero-order chi connectivity index (χ0) is 15.6. The Morgan fingerprint density at radius 1 is 1.05 bits per heavy atom. The molecule has 0 spiro atoms. The van der Waals surface area contributed by atoms with Gasteiger partial charge in [-0.25, -0.2) is 8.78 Å². The molecule has 0 bridgehead atoms. The summed E-state index contributed by atoms with van der Waals surface area (Å²) < 4.78 is 55.3. The molecular formula is C13H9ClF4N2O. The lowest BCUT2D eigenvalue weighted by atomic mass is 10.2. The third-order valence-electron chi connectivity index (χ3n) is 2.52. The van der Waals surface area contributed by atoms with Gasteiger partial charge in [-0.05, 0) is 18.2 Å². The number of anilines is 3. The van der Waals surface area contributed by atoms with E-state index < -0.39 is 24.0 Å². The molecule has 0 atom stereocenters. The van der Waals surface area contributed by atoms with Crippen LogP contribution in [-0.2, 0) is 0 Å². The van der Waals surface area contributed by atoms with Crippen LogP contribution in [0.2, 0.25) is 5.02 Å². The molecule has 0 saturated heterocycles. The van der Waals surface area contributed by atoms with E-state index in [0.29, 0.717) is 0 Å². The predicted octanol–water partition coefficient (Wildman–Crippen LogP) is 4.55. The highest BCUT2D eigenvalue weighted by Gasteiger charge is 2.14. The van der Waals surface area contributed by atoms with Gasteiger partial charge in [0.2, 0.25) is 0 Å². The molecule has 0 unspecified atom stereocenters. The summed E-state index contributed by atoms with van der Waals surface area (Å²) in [5, 5.41) is 2.80. The highest BCUT2D eigenvalue weighted by molar-refractivity contribution is 6.30. The van der Waals surface area contributed by atoms with E-state index in [1.165, 1.54) is 12.1 Å². The zero-order valence-corrected chi connectivity index (χ0v) is 11.1. The Labute approximate surface area is 122 Å². The summed E-state index contributed by atoms with van der Waals surface area (Å²) >= 11 is 5.73. The summed E-state index contributed by atoms with van der Waals surface area (Å²) in [5.74, 6) is -2.39. The van der Waals surface area contributed by atoms with E-state index in [2.05, 4.69) is 10.1 Å². The number of rotatable bonds is 4. The van der Waals surface area contributed by atoms with Gasteiger partial charge in [-0.15, -0.1) is 0 Å². The second-order valence-corrected chi connectivity index (χ2v) is 4.43. The Hall–Kier alpha value is -2.15. The summed E-state index contributed by atoms with van der Waals surface area (Å²) in [7, 11) is 0. The first-order chi connectivity index (χ1) is 9.86. The number of ether oxygens (including phenoxy) is 1. The molecule has 0 saturated carbocycles. The van der Waals surface area contributed by atoms with Crippen LogP contribution < -0.4 is 15.8 Å². The number of benzene rings is 2. The third-order valence-corrected chi connectivity index (χ3v) is 2.75. The highest BCUT2D eigenvalue weighted by atomic mass is 35.5. The number of nitrogens with one attached hydrogen (secondary N) is 1. The normalized spacial score (nSPS) is 10.8. The zero-order valence-electron chi connectivity index (χ0n) is 10.3. The molecule has 0 radical (unpaired) electrons. The summed E-state index contributed by atoms with van der Waals surface area (Å²) in [5.41, 5.74) is 5.42. The van der Waals surface area contributed by atoms with Crippen molar-refractivity contribution in [2.45, 2.75) is 6.61 Å². The molecule has 2 rings (SSSR count). The fourth-order valence-corrected chi connectivity index (χ4v) is 1.77. The Balaban J connectivity index is 2.37. The number of nitrogens with two attached hydrogens (primary N) is 1. The average molecular weight is 321 g/mol. The molecule has 21 heavy (non-hydrogen) atoms. The van der Waals surface area contributed by atoms with Crippen LogP contribution in [0.3, 0.4) is 0 Å². The van der Waals surface area contributed by atoms with Gasteiger partial charge in [0, 0.05) is 17.2 Å². The van der Waals surface area contributed by atoms with E-state index in [1.807, 2.05) is 0 Å². The number of nitrogen functional groups attached to an aromatic ring is 1. The average Bonchev–Trinajstić information content (AvgIpc) is 2.39. The molecule has 0 amide bonds. The standard InChI is InChI=1S/C13H9ClF4N2O/c14-6-1-2-7(15)10(3-6)20-11-5-12(21-13(17)18)8(16)4-9(11)19/h1-5,13,20H,19H2. The van der Waals surface area contributed by atoms with E-state index in [1.54, 1.807) is 0 Å². The molecule has 0 heterocycles. The van der Waals surface area contributed by atoms with E-state index in [9.17, 15) is 17.6 Å². The Morgan fingerprint density at radius 2 is 1.76 bits per heavy atom. The lowest BCUT2D eigenvalue weighted by Gasteiger charge is -2.13. The Morgan fingerprint density at radius 3 is 2.43 bits per heavy atom. The van der Waals surface area contributed by atoms with E-state index in [0.717, 1.165) is 18.2 Å². The lowest BCUT2D eigenvalue weighted by molar-refractivity contribution is -0.0521. The van der Waals surface area contributed by atoms with Crippen LogP contribution in [0.25, 0.3) is 0 Å². The van der Waals surface area contributed by atoms with Gasteiger partial charge in [0.25, 0.3) is 0 Å². The topological polar surface area (TPSA) is 47.3 Å². The molecule has 2 aromatic rings. The van der Waals surface area contributed by atoms with Gasteiger partial charge in [0.05, 0.1) is 17.1 Å². The number of hydrogen-bond acceptors (Lipinski definition) is 3. The minimum absolute atomic E-state index is 0.00761. The van der Waals surface area contributed by atoms with Crippen LogP contribution in [0, 0.1) is 11.6 Å². The van der Waals surface area contributed by atoms with Gasteiger partial charge in [-0.2, -0.15) is 8.78 Å². The second-order valence-electron chi connectivity index (χ2n) is 4.00. The summed E-state index contributed by atoms with van der Waals surface area (Å²) in [6, 6.07) is 5.43. The summed E-state index contributed by atoms with van der Waals surface area (Å²) in [4.78, 5) is 0. The minimum Gasteiger partial charge on any atom is -0.432 e. The number of alkyl halides is 2. The van der Waals surface area contributed by atoms with Crippen molar-refractivity contribution in [3.63, 3.8) is 0 Å². The molecular weight excluding hydrogens is 312 g/mol. The summed E-state index contributed by atoms with van der Waals surface area (Å²) in [6.45, 7) is -3.20. The molecule has 2 aromatic carbocycles. The van der Waals surface area contributed by atoms with Gasteiger partial charge in [-0.1, -0.05) is 11.6 Å². The monoisotopic (exact) mass is 320 g/mol. The van der Waals surface area contributed by atoms with Crippen LogP contribution in [0.15, 0.2) is 30.3 Å². The summed E-state index contributed by atoms with van der Waals surface area (Å²) in [6.07, 6.45) is 0. The first-order valence-corrected chi connectivity index (χ1v) is 6.00. The van der Waals surface area contributed by atoms with Crippen molar-refractivity contribution >= 4 is 28.7 Å². The van der Waals surface area contributed by atoms with Gasteiger partial charge >= 0.3 is 6.61 Å². The van der Waals surface area contributed by atoms with Crippen molar-refractivity contribution in [2.24, 2.45) is 0 Å². The molecule has 0 aliphatic carbocycles. The van der Waals surface area contributed by atoms with Crippen molar-refractivity contribution < 1.29 is 22.3 Å². The smallest absolute Gasteiger partial charge is 0.387 e. The van der Waals surface area contributed by atoms with Crippen molar-refractivity contribution in [2.75, 3.05) is 11.1 Å². The minimum atomic E-state index is -3.20. The van der Waals surface area contributed by atoms with Crippen molar-refractivity contribution in [3.8, 4) is 5.75 Å². The molecule has 0 aromatic heterocycles. The first-order valence-electron chi connectivity index (χ1n) is 5.62. The predicted molar refractivity (Wildman–Crippen MR) is 72.1 cm³/mol. The highest BCUT2D eigenvalue weighted by Crippen LogP contribution is 2.32. The van der Waals surface area contributed by atoms with Crippen LogP contribution in [0.1, 0.15) is 0 Å². The second kappa shape index (κ2) is 6.09. The van der Waals surface area contributed by atoms with Gasteiger partial charge in [-0.3, -0.25) is 0 Å².